The molecule has 2 aromatic heterocycles. The molecule has 0 spiro atoms. The van der Waals surface area contributed by atoms with Crippen LogP contribution < -0.4 is 10.6 Å². The highest BCUT2D eigenvalue weighted by Gasteiger charge is 2.26. The van der Waals surface area contributed by atoms with E-state index in [0.29, 0.717) is 5.82 Å². The molecule has 3 rings (SSSR count). The summed E-state index contributed by atoms with van der Waals surface area (Å²) in [6.07, 6.45) is 0. The molecule has 0 aliphatic rings. The molecule has 0 bridgehead atoms. The molecule has 0 saturated heterocycles. The molecular formula is C20H21FN4O2S. The molecule has 3 aromatic rings. The molecule has 146 valence electrons. The molecule has 6 nitrogen and oxygen atoms in total. The van der Waals surface area contributed by atoms with Crippen LogP contribution in [0.4, 0.5) is 10.2 Å². The largest absolute Gasteiger partial charge is 0.340 e. The van der Waals surface area contributed by atoms with Crippen LogP contribution in [0.2, 0.25) is 0 Å². The Kier molecular flexibility index (Phi) is 5.89. The Morgan fingerprint density at radius 3 is 2.57 bits per heavy atom. The molecule has 0 saturated carbocycles. The third-order valence-electron chi connectivity index (χ3n) is 4.19. The topological polar surface area (TPSA) is 86.9 Å². The first kappa shape index (κ1) is 19.8. The Bertz CT molecular complexity index is 996. The molecule has 1 atom stereocenters. The van der Waals surface area contributed by atoms with E-state index in [9.17, 15) is 14.0 Å². The molecule has 28 heavy (non-hydrogen) atoms. The highest BCUT2D eigenvalue weighted by molar-refractivity contribution is 7.15. The van der Waals surface area contributed by atoms with Crippen LogP contribution in [0.15, 0.2) is 42.5 Å². The number of carbonyl (C=O) groups excluding carboxylic acids is 2. The van der Waals surface area contributed by atoms with Gasteiger partial charge in [0, 0.05) is 10.9 Å². The predicted molar refractivity (Wildman–Crippen MR) is 108 cm³/mol. The van der Waals surface area contributed by atoms with Crippen LogP contribution in [0.5, 0.6) is 0 Å². The average Bonchev–Trinajstić information content (AvgIpc) is 3.28. The van der Waals surface area contributed by atoms with Gasteiger partial charge in [-0.2, -0.15) is 5.10 Å². The van der Waals surface area contributed by atoms with Crippen LogP contribution in [0.25, 0.3) is 10.6 Å². The number of hydrogen-bond acceptors (Lipinski definition) is 4. The number of hydrogen-bond donors (Lipinski definition) is 3. The van der Waals surface area contributed by atoms with Gasteiger partial charge in [-0.3, -0.25) is 14.7 Å². The van der Waals surface area contributed by atoms with Crippen molar-refractivity contribution in [1.29, 1.82) is 0 Å². The molecule has 2 heterocycles. The highest BCUT2D eigenvalue weighted by Crippen LogP contribution is 2.27. The number of rotatable bonds is 6. The van der Waals surface area contributed by atoms with E-state index in [-0.39, 0.29) is 11.5 Å². The zero-order valence-corrected chi connectivity index (χ0v) is 16.6. The van der Waals surface area contributed by atoms with E-state index < -0.39 is 23.7 Å². The standard InChI is InChI=1S/C20H21FN4O2S/c1-11(2)18(23-19(26)13-6-4-5-7-14(13)21)20(27)22-17-10-15(24-25-17)16-9-8-12(3)28-16/h4-11,18H,1-3H3,(H,23,26)(H2,22,24,25,27). The average molecular weight is 400 g/mol. The summed E-state index contributed by atoms with van der Waals surface area (Å²) in [5, 5.41) is 12.3. The molecule has 1 unspecified atom stereocenters. The van der Waals surface area contributed by atoms with Crippen molar-refractivity contribution in [2.75, 3.05) is 5.32 Å². The monoisotopic (exact) mass is 400 g/mol. The SMILES string of the molecule is Cc1ccc(-c2cc(NC(=O)C(NC(=O)c3ccccc3F)C(C)C)n[nH]2)s1. The van der Waals surface area contributed by atoms with Gasteiger partial charge in [0.25, 0.3) is 5.91 Å². The summed E-state index contributed by atoms with van der Waals surface area (Å²) in [4.78, 5) is 27.2. The van der Waals surface area contributed by atoms with Gasteiger partial charge < -0.3 is 10.6 Å². The van der Waals surface area contributed by atoms with E-state index in [1.54, 1.807) is 37.3 Å². The lowest BCUT2D eigenvalue weighted by atomic mass is 10.0. The second-order valence-electron chi connectivity index (χ2n) is 6.74. The summed E-state index contributed by atoms with van der Waals surface area (Å²) in [7, 11) is 0. The first-order chi connectivity index (χ1) is 13.3. The number of anilines is 1. The maximum absolute atomic E-state index is 13.8. The predicted octanol–water partition coefficient (Wildman–Crippen LogP) is 3.98. The van der Waals surface area contributed by atoms with Crippen molar-refractivity contribution in [2.24, 2.45) is 5.92 Å². The summed E-state index contributed by atoms with van der Waals surface area (Å²) >= 11 is 1.62. The number of carbonyl (C=O) groups is 2. The van der Waals surface area contributed by atoms with E-state index in [2.05, 4.69) is 20.8 Å². The van der Waals surface area contributed by atoms with E-state index in [1.165, 1.54) is 23.1 Å². The smallest absolute Gasteiger partial charge is 0.254 e. The Hall–Kier alpha value is -3.00. The van der Waals surface area contributed by atoms with Crippen LogP contribution in [0.1, 0.15) is 29.1 Å². The van der Waals surface area contributed by atoms with Gasteiger partial charge in [-0.15, -0.1) is 11.3 Å². The van der Waals surface area contributed by atoms with Crippen molar-refractivity contribution < 1.29 is 14.0 Å². The Labute approximate surface area is 166 Å². The molecule has 2 amide bonds. The molecule has 1 aromatic carbocycles. The van der Waals surface area contributed by atoms with Gasteiger partial charge in [0.15, 0.2) is 5.82 Å². The van der Waals surface area contributed by atoms with Crippen molar-refractivity contribution in [3.63, 3.8) is 0 Å². The van der Waals surface area contributed by atoms with Gasteiger partial charge in [-0.1, -0.05) is 26.0 Å². The first-order valence-corrected chi connectivity index (χ1v) is 9.65. The van der Waals surface area contributed by atoms with Crippen LogP contribution in [0, 0.1) is 18.7 Å². The van der Waals surface area contributed by atoms with Crippen molar-refractivity contribution in [1.82, 2.24) is 15.5 Å². The normalized spacial score (nSPS) is 12.0. The van der Waals surface area contributed by atoms with Crippen molar-refractivity contribution in [3.8, 4) is 10.6 Å². The third-order valence-corrected chi connectivity index (χ3v) is 5.22. The lowest BCUT2D eigenvalue weighted by Crippen LogP contribution is -2.47. The number of halogens is 1. The number of thiophene rings is 1. The van der Waals surface area contributed by atoms with Gasteiger partial charge >= 0.3 is 0 Å². The van der Waals surface area contributed by atoms with Crippen LogP contribution in [-0.2, 0) is 4.79 Å². The Balaban J connectivity index is 1.71. The third kappa shape index (κ3) is 4.45. The number of nitrogens with zero attached hydrogens (tertiary/aromatic N) is 1. The second-order valence-corrected chi connectivity index (χ2v) is 8.03. The maximum atomic E-state index is 13.8. The van der Waals surface area contributed by atoms with E-state index >= 15 is 0 Å². The van der Waals surface area contributed by atoms with Gasteiger partial charge in [0.1, 0.15) is 11.9 Å². The van der Waals surface area contributed by atoms with Crippen LogP contribution in [0.3, 0.4) is 0 Å². The summed E-state index contributed by atoms with van der Waals surface area (Å²) < 4.78 is 13.8. The Morgan fingerprint density at radius 2 is 1.93 bits per heavy atom. The Morgan fingerprint density at radius 1 is 1.18 bits per heavy atom. The molecule has 0 aliphatic heterocycles. The van der Waals surface area contributed by atoms with Gasteiger partial charge in [-0.25, -0.2) is 4.39 Å². The molecule has 0 radical (unpaired) electrons. The first-order valence-electron chi connectivity index (χ1n) is 8.83. The minimum absolute atomic E-state index is 0.101. The van der Waals surface area contributed by atoms with Crippen molar-refractivity contribution in [3.05, 3.63) is 58.7 Å². The summed E-state index contributed by atoms with van der Waals surface area (Å²) in [6.45, 7) is 5.62. The fourth-order valence-corrected chi connectivity index (χ4v) is 3.53. The van der Waals surface area contributed by atoms with E-state index in [0.717, 1.165) is 10.6 Å². The molecule has 8 heteroatoms. The number of aromatic amines is 1. The van der Waals surface area contributed by atoms with Gasteiger partial charge in [0.2, 0.25) is 5.91 Å². The number of H-pyrrole nitrogens is 1. The second kappa shape index (κ2) is 8.35. The van der Waals surface area contributed by atoms with Crippen molar-refractivity contribution >= 4 is 29.0 Å². The molecule has 0 aliphatic carbocycles. The fraction of sp³-hybridized carbons (Fsp3) is 0.250. The zero-order chi connectivity index (χ0) is 20.3. The lowest BCUT2D eigenvalue weighted by molar-refractivity contribution is -0.118. The lowest BCUT2D eigenvalue weighted by Gasteiger charge is -2.21. The highest BCUT2D eigenvalue weighted by atomic mass is 32.1. The number of benzene rings is 1. The zero-order valence-electron chi connectivity index (χ0n) is 15.7. The van der Waals surface area contributed by atoms with Crippen LogP contribution >= 0.6 is 11.3 Å². The molecule has 3 N–H and O–H groups in total. The summed E-state index contributed by atoms with van der Waals surface area (Å²) in [6, 6.07) is 10.5. The quantitative estimate of drug-likeness (QED) is 0.585. The number of nitrogens with one attached hydrogen (secondary N) is 3. The van der Waals surface area contributed by atoms with Gasteiger partial charge in [0.05, 0.1) is 16.1 Å². The van der Waals surface area contributed by atoms with E-state index in [1.807, 2.05) is 19.1 Å². The maximum Gasteiger partial charge on any atom is 0.254 e. The van der Waals surface area contributed by atoms with Crippen LogP contribution in [-0.4, -0.2) is 28.1 Å². The fourth-order valence-electron chi connectivity index (χ4n) is 2.69. The molecular weight excluding hydrogens is 379 g/mol. The number of aromatic nitrogens is 2. The molecule has 0 fully saturated rings. The van der Waals surface area contributed by atoms with E-state index in [4.69, 9.17) is 0 Å². The number of amides is 2. The van der Waals surface area contributed by atoms with Gasteiger partial charge in [-0.05, 0) is 37.1 Å². The van der Waals surface area contributed by atoms with Crippen molar-refractivity contribution in [2.45, 2.75) is 26.8 Å². The number of aryl methyl sites for hydroxylation is 1. The minimum atomic E-state index is -0.837. The summed E-state index contributed by atoms with van der Waals surface area (Å²) in [5.41, 5.74) is 0.695. The minimum Gasteiger partial charge on any atom is -0.340 e. The summed E-state index contributed by atoms with van der Waals surface area (Å²) in [5.74, 6) is -1.53.